The molecule has 0 aromatic carbocycles. The van der Waals surface area contributed by atoms with Crippen LogP contribution in [-0.2, 0) is 5.66 Å². The fraction of sp³-hybridized carbons (Fsp3) is 0.267. The molecule has 0 unspecified atom stereocenters. The van der Waals surface area contributed by atoms with Gasteiger partial charge in [-0.05, 0) is 18.6 Å². The molecular weight excluding hydrogens is 360 g/mol. The van der Waals surface area contributed by atoms with Crippen LogP contribution >= 0.6 is 23.1 Å². The number of rotatable bonds is 2. The number of carbonyl (C=O) groups is 1. The van der Waals surface area contributed by atoms with Crippen molar-refractivity contribution >= 4 is 50.9 Å². The molecule has 1 amide bonds. The minimum absolute atomic E-state index is 0.189. The van der Waals surface area contributed by atoms with Crippen molar-refractivity contribution in [1.82, 2.24) is 24.8 Å². The van der Waals surface area contributed by atoms with Gasteiger partial charge in [0, 0.05) is 11.5 Å². The predicted molar refractivity (Wildman–Crippen MR) is 96.7 cm³/mol. The van der Waals surface area contributed by atoms with E-state index in [0.717, 1.165) is 10.4 Å². The Hall–Kier alpha value is -2.46. The molecule has 5 heterocycles. The van der Waals surface area contributed by atoms with Crippen molar-refractivity contribution in [3.63, 3.8) is 0 Å². The maximum absolute atomic E-state index is 13.1. The third-order valence-electron chi connectivity index (χ3n) is 4.45. The normalized spacial score (nSPS) is 17.4. The zero-order valence-corrected chi connectivity index (χ0v) is 14.7. The van der Waals surface area contributed by atoms with E-state index in [9.17, 15) is 9.59 Å². The number of aryl methyl sites for hydroxylation is 1. The van der Waals surface area contributed by atoms with Crippen LogP contribution in [0.15, 0.2) is 22.7 Å². The van der Waals surface area contributed by atoms with Crippen LogP contribution in [0.25, 0.3) is 10.3 Å². The number of thiazole rings is 1. The van der Waals surface area contributed by atoms with Crippen LogP contribution in [0.3, 0.4) is 0 Å². The lowest BCUT2D eigenvalue weighted by molar-refractivity contribution is 0.0934. The van der Waals surface area contributed by atoms with Crippen LogP contribution in [0.1, 0.15) is 16.1 Å². The van der Waals surface area contributed by atoms with Crippen LogP contribution in [0.4, 0.5) is 11.5 Å². The average molecular weight is 372 g/mol. The molecule has 0 saturated carbocycles. The lowest BCUT2D eigenvalue weighted by Crippen LogP contribution is -2.57. The van der Waals surface area contributed by atoms with Gasteiger partial charge in [-0.25, -0.2) is 15.0 Å². The number of thioether (sulfide) groups is 1. The van der Waals surface area contributed by atoms with Crippen LogP contribution in [0, 0.1) is 6.92 Å². The lowest BCUT2D eigenvalue weighted by Gasteiger charge is -2.38. The third-order valence-corrected chi connectivity index (χ3v) is 6.55. The summed E-state index contributed by atoms with van der Waals surface area (Å²) in [5, 5.41) is 6.06. The zero-order valence-electron chi connectivity index (χ0n) is 13.1. The number of fused-ring (bicyclic) bond motifs is 3. The number of hydrogen-bond donors (Lipinski definition) is 2. The van der Waals surface area contributed by atoms with Crippen molar-refractivity contribution in [1.29, 1.82) is 0 Å². The van der Waals surface area contributed by atoms with Gasteiger partial charge in [0.15, 0.2) is 5.82 Å². The first-order valence-corrected chi connectivity index (χ1v) is 9.61. The number of amides is 1. The van der Waals surface area contributed by atoms with Crippen molar-refractivity contribution < 1.29 is 4.79 Å². The molecule has 3 aromatic heterocycles. The number of aromatic nitrogens is 4. The highest BCUT2D eigenvalue weighted by Crippen LogP contribution is 2.38. The third kappa shape index (κ3) is 1.97. The molecular formula is C15H12N6O2S2. The van der Waals surface area contributed by atoms with Crippen LogP contribution in [0.2, 0.25) is 0 Å². The summed E-state index contributed by atoms with van der Waals surface area (Å²) in [4.78, 5) is 38.8. The van der Waals surface area contributed by atoms with Crippen molar-refractivity contribution in [3.8, 4) is 0 Å². The monoisotopic (exact) mass is 372 g/mol. The first-order valence-electron chi connectivity index (χ1n) is 7.58. The summed E-state index contributed by atoms with van der Waals surface area (Å²) < 4.78 is 1.60. The molecule has 10 heteroatoms. The molecule has 0 aliphatic carbocycles. The van der Waals surface area contributed by atoms with Gasteiger partial charge < -0.3 is 10.6 Å². The second-order valence-electron chi connectivity index (χ2n) is 6.06. The second-order valence-corrected chi connectivity index (χ2v) is 7.88. The number of nitrogens with one attached hydrogen (secondary N) is 2. The van der Waals surface area contributed by atoms with E-state index in [2.05, 4.69) is 25.6 Å². The second kappa shape index (κ2) is 5.02. The number of nitrogens with zero attached hydrogens (tertiary/aromatic N) is 4. The standard InChI is InChI=1S/C15H12N6O2S2/c1-7-2-8(19-11-9-13(17-5-16-11)25-6-18-9)14(23)21-10(7)12(22)20-15(21)3-24-4-15/h2,5-6H,3-4H2,1H3,(H,20,22)(H,16,17,19). The first-order chi connectivity index (χ1) is 12.1. The molecule has 1 saturated heterocycles. The molecule has 126 valence electrons. The smallest absolute Gasteiger partial charge is 0.276 e. The van der Waals surface area contributed by atoms with Gasteiger partial charge in [-0.2, -0.15) is 11.8 Å². The molecule has 0 radical (unpaired) electrons. The first kappa shape index (κ1) is 14.8. The molecule has 5 rings (SSSR count). The summed E-state index contributed by atoms with van der Waals surface area (Å²) in [5.74, 6) is 1.68. The minimum Gasteiger partial charge on any atom is -0.334 e. The fourth-order valence-corrected chi connectivity index (χ4v) is 4.88. The topological polar surface area (TPSA) is 102 Å². The largest absolute Gasteiger partial charge is 0.334 e. The van der Waals surface area contributed by atoms with Crippen LogP contribution < -0.4 is 16.2 Å². The Morgan fingerprint density at radius 3 is 2.88 bits per heavy atom. The quantitative estimate of drug-likeness (QED) is 0.702. The van der Waals surface area contributed by atoms with E-state index in [0.29, 0.717) is 34.2 Å². The van der Waals surface area contributed by atoms with Crippen molar-refractivity contribution in [3.05, 3.63) is 39.5 Å². The van der Waals surface area contributed by atoms with Gasteiger partial charge >= 0.3 is 0 Å². The van der Waals surface area contributed by atoms with E-state index in [-0.39, 0.29) is 11.5 Å². The number of anilines is 2. The predicted octanol–water partition coefficient (Wildman–Crippen LogP) is 1.44. The Bertz CT molecular complexity index is 1100. The van der Waals surface area contributed by atoms with E-state index in [1.807, 2.05) is 6.92 Å². The molecule has 2 aliphatic rings. The summed E-state index contributed by atoms with van der Waals surface area (Å²) in [7, 11) is 0. The Labute approximate surface area is 149 Å². The number of hydrogen-bond acceptors (Lipinski definition) is 8. The molecule has 8 nitrogen and oxygen atoms in total. The molecule has 1 fully saturated rings. The van der Waals surface area contributed by atoms with Gasteiger partial charge in [0.05, 0.1) is 5.51 Å². The molecule has 0 atom stereocenters. The highest BCUT2D eigenvalue weighted by atomic mass is 32.2. The molecule has 1 spiro atoms. The maximum atomic E-state index is 13.1. The Morgan fingerprint density at radius 2 is 2.12 bits per heavy atom. The number of pyridine rings is 1. The van der Waals surface area contributed by atoms with Crippen LogP contribution in [0.5, 0.6) is 0 Å². The SMILES string of the molecule is Cc1cc(Nc2ncnc3scnc23)c(=O)n2c1C(=O)NC21CSC1. The highest BCUT2D eigenvalue weighted by Gasteiger charge is 2.49. The van der Waals surface area contributed by atoms with Gasteiger partial charge in [-0.15, -0.1) is 11.3 Å². The Balaban J connectivity index is 1.68. The van der Waals surface area contributed by atoms with Gasteiger partial charge in [-0.3, -0.25) is 14.2 Å². The van der Waals surface area contributed by atoms with Gasteiger partial charge in [0.1, 0.15) is 33.7 Å². The Morgan fingerprint density at radius 1 is 1.28 bits per heavy atom. The van der Waals surface area contributed by atoms with E-state index in [1.54, 1.807) is 27.9 Å². The maximum Gasteiger partial charge on any atom is 0.276 e. The van der Waals surface area contributed by atoms with Gasteiger partial charge in [0.2, 0.25) is 0 Å². The van der Waals surface area contributed by atoms with Crippen molar-refractivity contribution in [2.75, 3.05) is 16.8 Å². The van der Waals surface area contributed by atoms with E-state index in [1.165, 1.54) is 17.7 Å². The zero-order chi connectivity index (χ0) is 17.2. The van der Waals surface area contributed by atoms with Gasteiger partial charge in [0.25, 0.3) is 11.5 Å². The fourth-order valence-electron chi connectivity index (χ4n) is 3.26. The highest BCUT2D eigenvalue weighted by molar-refractivity contribution is 8.00. The molecule has 2 N–H and O–H groups in total. The van der Waals surface area contributed by atoms with Crippen LogP contribution in [-0.4, -0.2) is 36.9 Å². The van der Waals surface area contributed by atoms with Crippen molar-refractivity contribution in [2.24, 2.45) is 0 Å². The van der Waals surface area contributed by atoms with Gasteiger partial charge in [-0.1, -0.05) is 0 Å². The Kier molecular flexibility index (Phi) is 2.98. The van der Waals surface area contributed by atoms with E-state index in [4.69, 9.17) is 0 Å². The summed E-state index contributed by atoms with van der Waals surface area (Å²) in [6.07, 6.45) is 1.44. The molecule has 25 heavy (non-hydrogen) atoms. The van der Waals surface area contributed by atoms with E-state index < -0.39 is 5.66 Å². The molecule has 2 aliphatic heterocycles. The summed E-state index contributed by atoms with van der Waals surface area (Å²) in [6, 6.07) is 1.69. The lowest BCUT2D eigenvalue weighted by atomic mass is 10.1. The summed E-state index contributed by atoms with van der Waals surface area (Å²) in [6.45, 7) is 1.83. The number of carbonyl (C=O) groups excluding carboxylic acids is 1. The molecule has 0 bridgehead atoms. The average Bonchev–Trinajstić information content (AvgIpc) is 3.15. The molecule has 3 aromatic rings. The van der Waals surface area contributed by atoms with Crippen molar-refractivity contribution in [2.45, 2.75) is 12.6 Å². The minimum atomic E-state index is -0.599. The summed E-state index contributed by atoms with van der Waals surface area (Å²) >= 11 is 3.11. The van der Waals surface area contributed by atoms with E-state index >= 15 is 0 Å². The summed E-state index contributed by atoms with van der Waals surface area (Å²) in [5.41, 5.74) is 3.04.